The van der Waals surface area contributed by atoms with Crippen molar-refractivity contribution >= 4 is 34.4 Å². The maximum Gasteiger partial charge on any atom is 0.278 e. The number of fused-ring (bicyclic) bond motifs is 1. The molecule has 4 rings (SSSR count). The van der Waals surface area contributed by atoms with Gasteiger partial charge in [-0.2, -0.15) is 0 Å². The van der Waals surface area contributed by atoms with Gasteiger partial charge in [0.15, 0.2) is 5.16 Å². The van der Waals surface area contributed by atoms with Crippen LogP contribution in [0.5, 0.6) is 11.5 Å². The van der Waals surface area contributed by atoms with Crippen LogP contribution < -0.4 is 20.3 Å². The summed E-state index contributed by atoms with van der Waals surface area (Å²) in [7, 11) is 3.08. The Kier molecular flexibility index (Phi) is 6.22. The highest BCUT2D eigenvalue weighted by Gasteiger charge is 2.17. The second kappa shape index (κ2) is 9.23. The maximum atomic E-state index is 13.1. The van der Waals surface area contributed by atoms with E-state index in [2.05, 4.69) is 15.3 Å². The second-order valence-corrected chi connectivity index (χ2v) is 7.92. The molecule has 1 amide bonds. The Morgan fingerprint density at radius 3 is 2.81 bits per heavy atom. The number of H-pyrrole nitrogens is 1. The first-order chi connectivity index (χ1) is 15.5. The highest BCUT2D eigenvalue weighted by atomic mass is 32.2. The van der Waals surface area contributed by atoms with E-state index in [9.17, 15) is 9.59 Å². The van der Waals surface area contributed by atoms with Crippen LogP contribution in [0.3, 0.4) is 0 Å². The number of benzene rings is 1. The van der Waals surface area contributed by atoms with Crippen LogP contribution >= 0.6 is 11.8 Å². The lowest BCUT2D eigenvalue weighted by molar-refractivity contribution is -0.113. The van der Waals surface area contributed by atoms with Crippen molar-refractivity contribution in [1.82, 2.24) is 14.5 Å². The first-order valence-corrected chi connectivity index (χ1v) is 10.7. The molecule has 3 heterocycles. The molecular formula is C22H22N4O5S. The minimum absolute atomic E-state index is 0.0503. The van der Waals surface area contributed by atoms with Crippen LogP contribution in [-0.4, -0.2) is 40.4 Å². The van der Waals surface area contributed by atoms with E-state index < -0.39 is 0 Å². The Morgan fingerprint density at radius 2 is 2.09 bits per heavy atom. The summed E-state index contributed by atoms with van der Waals surface area (Å²) in [5.41, 5.74) is 2.12. The number of ether oxygens (including phenoxy) is 2. The Hall–Kier alpha value is -3.66. The predicted octanol–water partition coefficient (Wildman–Crippen LogP) is 3.42. The first kappa shape index (κ1) is 21.6. The lowest BCUT2D eigenvalue weighted by atomic mass is 10.2. The zero-order valence-corrected chi connectivity index (χ0v) is 18.6. The van der Waals surface area contributed by atoms with E-state index in [0.717, 1.165) is 5.69 Å². The monoisotopic (exact) mass is 454 g/mol. The molecular weight excluding hydrogens is 432 g/mol. The summed E-state index contributed by atoms with van der Waals surface area (Å²) in [4.78, 5) is 33.4. The molecule has 0 fully saturated rings. The number of anilines is 1. The molecule has 0 unspecified atom stereocenters. The second-order valence-electron chi connectivity index (χ2n) is 6.98. The number of amides is 1. The molecule has 0 aliphatic rings. The quantitative estimate of drug-likeness (QED) is 0.310. The molecule has 0 aliphatic heterocycles. The van der Waals surface area contributed by atoms with Crippen LogP contribution in [-0.2, 0) is 11.3 Å². The Balaban J connectivity index is 1.57. The van der Waals surface area contributed by atoms with Gasteiger partial charge in [0.2, 0.25) is 5.91 Å². The zero-order valence-electron chi connectivity index (χ0n) is 17.8. The molecule has 0 aliphatic carbocycles. The fraction of sp³-hybridized carbons (Fsp3) is 0.227. The summed E-state index contributed by atoms with van der Waals surface area (Å²) in [5, 5.41) is 3.25. The van der Waals surface area contributed by atoms with E-state index in [1.807, 2.05) is 6.92 Å². The third-order valence-electron chi connectivity index (χ3n) is 4.75. The molecule has 2 N–H and O–H groups in total. The molecule has 9 nitrogen and oxygen atoms in total. The van der Waals surface area contributed by atoms with Crippen LogP contribution in [0.1, 0.15) is 11.5 Å². The third-order valence-corrected chi connectivity index (χ3v) is 5.72. The number of aromatic nitrogens is 3. The van der Waals surface area contributed by atoms with Crippen LogP contribution in [0.25, 0.3) is 11.0 Å². The number of aromatic amines is 1. The molecule has 4 aromatic rings. The predicted molar refractivity (Wildman–Crippen MR) is 122 cm³/mol. The highest BCUT2D eigenvalue weighted by Crippen LogP contribution is 2.29. The topological polar surface area (TPSA) is 111 Å². The van der Waals surface area contributed by atoms with Gasteiger partial charge in [-0.15, -0.1) is 0 Å². The number of carbonyl (C=O) groups excluding carboxylic acids is 1. The number of hydrogen-bond acceptors (Lipinski definition) is 7. The molecule has 0 bridgehead atoms. The smallest absolute Gasteiger partial charge is 0.278 e. The van der Waals surface area contributed by atoms with Crippen molar-refractivity contribution in [2.24, 2.45) is 0 Å². The van der Waals surface area contributed by atoms with E-state index >= 15 is 0 Å². The van der Waals surface area contributed by atoms with Crippen molar-refractivity contribution in [3.05, 3.63) is 64.5 Å². The van der Waals surface area contributed by atoms with Crippen molar-refractivity contribution in [3.63, 3.8) is 0 Å². The highest BCUT2D eigenvalue weighted by molar-refractivity contribution is 7.99. The van der Waals surface area contributed by atoms with E-state index in [1.165, 1.54) is 23.4 Å². The first-order valence-electron chi connectivity index (χ1n) is 9.75. The van der Waals surface area contributed by atoms with Crippen LogP contribution in [0.2, 0.25) is 0 Å². The standard InChI is InChI=1S/C22H22N4O5S/c1-13-9-17-20(23-13)21(28)26(11-15-5-4-8-31-15)22(25-17)32-12-19(27)24-16-7-6-14(29-2)10-18(16)30-3/h4-10,23H,11-12H2,1-3H3,(H,24,27). The van der Waals surface area contributed by atoms with Crippen molar-refractivity contribution < 1.29 is 18.7 Å². The number of furan rings is 1. The molecule has 0 spiro atoms. The summed E-state index contributed by atoms with van der Waals surface area (Å²) in [5.74, 6) is 1.51. The molecule has 3 aromatic heterocycles. The van der Waals surface area contributed by atoms with Gasteiger partial charge in [-0.3, -0.25) is 14.2 Å². The van der Waals surface area contributed by atoms with Crippen LogP contribution in [0, 0.1) is 6.92 Å². The lowest BCUT2D eigenvalue weighted by Crippen LogP contribution is -2.24. The number of nitrogens with one attached hydrogen (secondary N) is 2. The van der Waals surface area contributed by atoms with Crippen molar-refractivity contribution in [2.45, 2.75) is 18.6 Å². The Bertz CT molecular complexity index is 1310. The summed E-state index contributed by atoms with van der Waals surface area (Å²) in [6.07, 6.45) is 1.55. The minimum Gasteiger partial charge on any atom is -0.497 e. The van der Waals surface area contributed by atoms with Crippen molar-refractivity contribution in [2.75, 3.05) is 25.3 Å². The summed E-state index contributed by atoms with van der Waals surface area (Å²) >= 11 is 1.17. The van der Waals surface area contributed by atoms with Gasteiger partial charge in [0.1, 0.15) is 22.8 Å². The molecule has 10 heteroatoms. The SMILES string of the molecule is COc1ccc(NC(=O)CSc2nc3cc(C)[nH]c3c(=O)n2Cc2ccco2)c(OC)c1. The maximum absolute atomic E-state index is 13.1. The van der Waals surface area contributed by atoms with Crippen LogP contribution in [0.15, 0.2) is 57.0 Å². The number of rotatable bonds is 8. The summed E-state index contributed by atoms with van der Waals surface area (Å²) in [6, 6.07) is 10.5. The number of thioether (sulfide) groups is 1. The molecule has 0 saturated heterocycles. The van der Waals surface area contributed by atoms with E-state index in [-0.39, 0.29) is 23.8 Å². The average Bonchev–Trinajstić information content (AvgIpc) is 3.44. The van der Waals surface area contributed by atoms with Gasteiger partial charge in [0, 0.05) is 11.8 Å². The van der Waals surface area contributed by atoms with E-state index in [1.54, 1.807) is 49.8 Å². The van der Waals surface area contributed by atoms with Gasteiger partial charge >= 0.3 is 0 Å². The number of methoxy groups -OCH3 is 2. The van der Waals surface area contributed by atoms with Crippen molar-refractivity contribution in [3.8, 4) is 11.5 Å². The molecule has 0 saturated carbocycles. The molecule has 166 valence electrons. The molecule has 1 aromatic carbocycles. The van der Waals surface area contributed by atoms with E-state index in [4.69, 9.17) is 13.9 Å². The zero-order chi connectivity index (χ0) is 22.7. The molecule has 0 atom stereocenters. The average molecular weight is 455 g/mol. The van der Waals surface area contributed by atoms with Gasteiger partial charge in [-0.05, 0) is 37.3 Å². The largest absolute Gasteiger partial charge is 0.497 e. The summed E-state index contributed by atoms with van der Waals surface area (Å²) < 4.78 is 17.4. The molecule has 0 radical (unpaired) electrons. The van der Waals surface area contributed by atoms with Gasteiger partial charge in [-0.1, -0.05) is 11.8 Å². The van der Waals surface area contributed by atoms with Crippen molar-refractivity contribution in [1.29, 1.82) is 0 Å². The third kappa shape index (κ3) is 4.50. The van der Waals surface area contributed by atoms with Gasteiger partial charge < -0.3 is 24.2 Å². The van der Waals surface area contributed by atoms with Gasteiger partial charge in [0.25, 0.3) is 5.56 Å². The summed E-state index contributed by atoms with van der Waals surface area (Å²) in [6.45, 7) is 2.07. The number of hydrogen-bond donors (Lipinski definition) is 2. The fourth-order valence-electron chi connectivity index (χ4n) is 3.24. The van der Waals surface area contributed by atoms with Gasteiger partial charge in [0.05, 0.1) is 44.0 Å². The number of aryl methyl sites for hydroxylation is 1. The minimum atomic E-state index is -0.261. The fourth-order valence-corrected chi connectivity index (χ4v) is 4.04. The Morgan fingerprint density at radius 1 is 1.25 bits per heavy atom. The number of carbonyl (C=O) groups is 1. The number of nitrogens with zero attached hydrogens (tertiary/aromatic N) is 2. The van der Waals surface area contributed by atoms with Gasteiger partial charge in [-0.25, -0.2) is 4.98 Å². The lowest BCUT2D eigenvalue weighted by Gasteiger charge is -2.13. The molecule has 32 heavy (non-hydrogen) atoms. The van der Waals surface area contributed by atoms with E-state index in [0.29, 0.717) is 39.1 Å². The Labute approximate surface area is 187 Å². The van der Waals surface area contributed by atoms with Crippen LogP contribution in [0.4, 0.5) is 5.69 Å². The normalized spacial score (nSPS) is 11.0.